The van der Waals surface area contributed by atoms with Crippen LogP contribution in [0.4, 0.5) is 10.1 Å². The summed E-state index contributed by atoms with van der Waals surface area (Å²) in [6, 6.07) is 7.96. The van der Waals surface area contributed by atoms with Crippen LogP contribution in [0.15, 0.2) is 33.2 Å². The van der Waals surface area contributed by atoms with Crippen LogP contribution in [0.5, 0.6) is 0 Å². The van der Waals surface area contributed by atoms with Gasteiger partial charge >= 0.3 is 0 Å². The SMILES string of the molecule is CC(C)(C)c1nc(C23CCC(CN(C(=O)CC45CC(F)(C4)C5)c4cccc(-c5nnc(C6CC6)o5)c4)(CC2)CC3)no1. The minimum absolute atomic E-state index is 0.0361. The maximum atomic E-state index is 14.4. The molecule has 7 saturated carbocycles. The molecule has 222 valence electrons. The molecule has 0 aliphatic heterocycles. The van der Waals surface area contributed by atoms with E-state index in [2.05, 4.69) is 36.1 Å². The van der Waals surface area contributed by atoms with Crippen molar-refractivity contribution in [2.75, 3.05) is 11.4 Å². The molecule has 2 heterocycles. The number of hydrogen-bond donors (Lipinski definition) is 0. The van der Waals surface area contributed by atoms with Gasteiger partial charge in [-0.1, -0.05) is 32.0 Å². The van der Waals surface area contributed by atoms with Gasteiger partial charge in [0, 0.05) is 41.0 Å². The summed E-state index contributed by atoms with van der Waals surface area (Å²) in [6.07, 6.45) is 10.2. The third kappa shape index (κ3) is 4.32. The Labute approximate surface area is 245 Å². The van der Waals surface area contributed by atoms with Crippen LogP contribution in [0.1, 0.15) is 121 Å². The third-order valence-electron chi connectivity index (χ3n) is 11.1. The van der Waals surface area contributed by atoms with E-state index in [9.17, 15) is 9.18 Å². The molecule has 42 heavy (non-hydrogen) atoms. The van der Waals surface area contributed by atoms with Crippen molar-refractivity contribution in [3.8, 4) is 11.5 Å². The summed E-state index contributed by atoms with van der Waals surface area (Å²) >= 11 is 0. The Morgan fingerprint density at radius 2 is 1.74 bits per heavy atom. The summed E-state index contributed by atoms with van der Waals surface area (Å²) in [7, 11) is 0. The van der Waals surface area contributed by atoms with Gasteiger partial charge in [-0.05, 0) is 99.7 Å². The van der Waals surface area contributed by atoms with Crippen LogP contribution in [0.3, 0.4) is 0 Å². The van der Waals surface area contributed by atoms with Crippen molar-refractivity contribution in [1.29, 1.82) is 0 Å². The number of amides is 1. The average Bonchev–Trinajstić information content (AvgIpc) is 3.43. The van der Waals surface area contributed by atoms with Crippen molar-refractivity contribution in [1.82, 2.24) is 20.3 Å². The number of hydrogen-bond acceptors (Lipinski definition) is 7. The fourth-order valence-electron chi connectivity index (χ4n) is 8.36. The maximum absolute atomic E-state index is 14.4. The van der Waals surface area contributed by atoms with Crippen molar-refractivity contribution < 1.29 is 18.1 Å². The first kappa shape index (κ1) is 26.5. The molecular formula is C33H40FN5O3. The normalized spacial score (nSPS) is 33.2. The Morgan fingerprint density at radius 1 is 1.02 bits per heavy atom. The predicted molar refractivity (Wildman–Crippen MR) is 154 cm³/mol. The van der Waals surface area contributed by atoms with E-state index in [4.69, 9.17) is 13.9 Å². The molecule has 0 radical (unpaired) electrons. The van der Waals surface area contributed by atoms with Gasteiger partial charge in [0.1, 0.15) is 5.67 Å². The van der Waals surface area contributed by atoms with Crippen LogP contribution in [0, 0.1) is 10.8 Å². The standard InChI is InChI=1S/C33H40FN5O3/c1-29(2,3)28-35-27(38-42-28)32-12-9-30(10-13-32,11-14-32)20-39(24(40)16-31-17-33(34,18-31)19-31)23-6-4-5-22(15-23)26-37-36-25(41-26)21-7-8-21/h4-6,15,21H,7-14,16-20H2,1-3H3. The van der Waals surface area contributed by atoms with Crippen molar-refractivity contribution in [2.45, 2.75) is 120 Å². The Kier molecular flexibility index (Phi) is 5.51. The summed E-state index contributed by atoms with van der Waals surface area (Å²) in [5, 5.41) is 13.0. The first-order chi connectivity index (χ1) is 20.0. The summed E-state index contributed by atoms with van der Waals surface area (Å²) in [6.45, 7) is 6.96. The van der Waals surface area contributed by atoms with E-state index in [1.807, 2.05) is 29.2 Å². The minimum atomic E-state index is -1.01. The lowest BCUT2D eigenvalue weighted by Gasteiger charge is -2.66. The molecule has 0 atom stereocenters. The summed E-state index contributed by atoms with van der Waals surface area (Å²) in [5.41, 5.74) is 0.342. The van der Waals surface area contributed by atoms with Crippen molar-refractivity contribution in [3.05, 3.63) is 41.9 Å². The molecule has 0 saturated heterocycles. The molecule has 7 fully saturated rings. The van der Waals surface area contributed by atoms with E-state index >= 15 is 0 Å². The monoisotopic (exact) mass is 573 g/mol. The maximum Gasteiger partial charge on any atom is 0.247 e. The van der Waals surface area contributed by atoms with E-state index < -0.39 is 5.67 Å². The quantitative estimate of drug-likeness (QED) is 0.281. The highest BCUT2D eigenvalue weighted by atomic mass is 19.1. The number of nitrogens with zero attached hydrogens (tertiary/aromatic N) is 5. The lowest BCUT2D eigenvalue weighted by molar-refractivity contribution is -0.215. The summed E-state index contributed by atoms with van der Waals surface area (Å²) in [4.78, 5) is 20.9. The smallest absolute Gasteiger partial charge is 0.247 e. The first-order valence-electron chi connectivity index (χ1n) is 15.7. The second-order valence-electron chi connectivity index (χ2n) is 15.6. The highest BCUT2D eigenvalue weighted by Gasteiger charge is 2.69. The Hall–Kier alpha value is -3.10. The number of halogens is 1. The number of fused-ring (bicyclic) bond motifs is 3. The molecule has 3 aromatic rings. The highest BCUT2D eigenvalue weighted by molar-refractivity contribution is 5.94. The number of aromatic nitrogens is 4. The fraction of sp³-hybridized carbons (Fsp3) is 0.667. The molecule has 0 spiro atoms. The van der Waals surface area contributed by atoms with Crippen LogP contribution >= 0.6 is 0 Å². The van der Waals surface area contributed by atoms with Gasteiger partial charge in [0.2, 0.25) is 23.6 Å². The zero-order chi connectivity index (χ0) is 29.0. The molecule has 8 nitrogen and oxygen atoms in total. The summed E-state index contributed by atoms with van der Waals surface area (Å²) < 4.78 is 26.1. The van der Waals surface area contributed by atoms with Crippen LogP contribution in [0.2, 0.25) is 0 Å². The largest absolute Gasteiger partial charge is 0.420 e. The lowest BCUT2D eigenvalue weighted by Crippen LogP contribution is -2.65. The lowest BCUT2D eigenvalue weighted by atomic mass is 9.41. The van der Waals surface area contributed by atoms with Crippen molar-refractivity contribution >= 4 is 11.6 Å². The van der Waals surface area contributed by atoms with E-state index in [-0.39, 0.29) is 27.6 Å². The Balaban J connectivity index is 1.05. The number of carbonyl (C=O) groups excluding carboxylic acids is 1. The number of rotatable bonds is 8. The molecule has 1 amide bonds. The van der Waals surface area contributed by atoms with E-state index in [0.29, 0.717) is 55.8 Å². The predicted octanol–water partition coefficient (Wildman–Crippen LogP) is 7.20. The van der Waals surface area contributed by atoms with Gasteiger partial charge < -0.3 is 13.8 Å². The second kappa shape index (κ2) is 8.73. The number of alkyl halides is 1. The summed E-state index contributed by atoms with van der Waals surface area (Å²) in [5.74, 6) is 3.24. The zero-order valence-electron chi connectivity index (χ0n) is 24.9. The highest BCUT2D eigenvalue weighted by Crippen LogP contribution is 2.71. The molecule has 0 unspecified atom stereocenters. The van der Waals surface area contributed by atoms with Crippen LogP contribution in [-0.2, 0) is 15.6 Å². The van der Waals surface area contributed by atoms with E-state index in [1.165, 1.54) is 0 Å². The minimum Gasteiger partial charge on any atom is -0.420 e. The van der Waals surface area contributed by atoms with Gasteiger partial charge in [0.05, 0.1) is 0 Å². The van der Waals surface area contributed by atoms with Gasteiger partial charge in [-0.25, -0.2) is 4.39 Å². The molecule has 7 aliphatic rings. The van der Waals surface area contributed by atoms with Crippen LogP contribution in [-0.4, -0.2) is 38.5 Å². The molecular weight excluding hydrogens is 533 g/mol. The van der Waals surface area contributed by atoms with Crippen LogP contribution in [0.25, 0.3) is 11.5 Å². The topological polar surface area (TPSA) is 98.2 Å². The molecule has 2 aromatic heterocycles. The first-order valence-corrected chi connectivity index (χ1v) is 15.7. The number of anilines is 1. The van der Waals surface area contributed by atoms with E-state index in [0.717, 1.165) is 68.4 Å². The van der Waals surface area contributed by atoms with E-state index in [1.54, 1.807) is 0 Å². The molecule has 4 bridgehead atoms. The van der Waals surface area contributed by atoms with Crippen molar-refractivity contribution in [2.24, 2.45) is 10.8 Å². The van der Waals surface area contributed by atoms with Gasteiger partial charge in [0.25, 0.3) is 0 Å². The Bertz CT molecular complexity index is 1500. The van der Waals surface area contributed by atoms with Gasteiger partial charge in [-0.3, -0.25) is 4.79 Å². The molecule has 9 heteroatoms. The van der Waals surface area contributed by atoms with Gasteiger partial charge in [0.15, 0.2) is 5.82 Å². The molecule has 0 N–H and O–H groups in total. The molecule has 1 aromatic carbocycles. The molecule has 7 aliphatic carbocycles. The van der Waals surface area contributed by atoms with Gasteiger partial charge in [-0.15, -0.1) is 10.2 Å². The molecule has 10 rings (SSSR count). The van der Waals surface area contributed by atoms with Crippen molar-refractivity contribution in [3.63, 3.8) is 0 Å². The second-order valence-corrected chi connectivity index (χ2v) is 15.6. The third-order valence-corrected chi connectivity index (χ3v) is 11.1. The van der Waals surface area contributed by atoms with Crippen LogP contribution < -0.4 is 4.90 Å². The Morgan fingerprint density at radius 3 is 2.36 bits per heavy atom. The number of carbonyl (C=O) groups is 1. The number of benzene rings is 1. The van der Waals surface area contributed by atoms with Gasteiger partial charge in [-0.2, -0.15) is 4.98 Å². The fourth-order valence-corrected chi connectivity index (χ4v) is 8.36. The zero-order valence-corrected chi connectivity index (χ0v) is 24.9. The average molecular weight is 574 g/mol.